The fourth-order valence-corrected chi connectivity index (χ4v) is 6.41. The topological polar surface area (TPSA) is 76.5 Å². The maximum Gasteiger partial charge on any atom is 0.240 e. The number of nitrogens with zero attached hydrogens (tertiary/aromatic N) is 3. The van der Waals surface area contributed by atoms with E-state index in [9.17, 15) is 9.59 Å². The quantitative estimate of drug-likeness (QED) is 0.329. The number of carbonyl (C=O) groups excluding carboxylic acids is 2. The Morgan fingerprint density at radius 1 is 1.16 bits per heavy atom. The van der Waals surface area contributed by atoms with Gasteiger partial charge in [-0.15, -0.1) is 11.8 Å². The van der Waals surface area contributed by atoms with Crippen molar-refractivity contribution in [3.63, 3.8) is 0 Å². The van der Waals surface area contributed by atoms with E-state index >= 15 is 0 Å². The Labute approximate surface area is 224 Å². The largest absolute Gasteiger partial charge is 0.383 e. The molecule has 1 aliphatic rings. The molecule has 7 nitrogen and oxygen atoms in total. The van der Waals surface area contributed by atoms with Crippen molar-refractivity contribution in [2.75, 3.05) is 37.5 Å². The van der Waals surface area contributed by atoms with E-state index in [2.05, 4.69) is 22.1 Å². The van der Waals surface area contributed by atoms with Crippen LogP contribution in [0.1, 0.15) is 21.9 Å². The normalized spacial score (nSPS) is 15.4. The van der Waals surface area contributed by atoms with Gasteiger partial charge >= 0.3 is 0 Å². The molecule has 3 heterocycles. The number of ether oxygens (including phenoxy) is 1. The molecule has 2 amide bonds. The number of hydrogen-bond donors (Lipinski definition) is 1. The molecule has 0 bridgehead atoms. The molecule has 0 fully saturated rings. The summed E-state index contributed by atoms with van der Waals surface area (Å²) in [5.41, 5.74) is 5.75. The molecule has 5 rings (SSSR count). The second-order valence-corrected chi connectivity index (χ2v) is 10.6. The lowest BCUT2D eigenvalue weighted by Crippen LogP contribution is -2.43. The lowest BCUT2D eigenvalue weighted by atomic mass is 10.0. The fraction of sp³-hybridized carbons (Fsp3) is 0.250. The van der Waals surface area contributed by atoms with E-state index in [1.54, 1.807) is 35.1 Å². The van der Waals surface area contributed by atoms with Gasteiger partial charge in [0.15, 0.2) is 0 Å². The van der Waals surface area contributed by atoms with Gasteiger partial charge in [-0.3, -0.25) is 14.5 Å². The van der Waals surface area contributed by atoms with Crippen molar-refractivity contribution in [2.45, 2.75) is 12.2 Å². The van der Waals surface area contributed by atoms with Gasteiger partial charge in [-0.25, -0.2) is 4.68 Å². The van der Waals surface area contributed by atoms with Gasteiger partial charge in [-0.2, -0.15) is 16.4 Å². The number of fused-ring (bicyclic) bond motifs is 1. The first-order valence-electron chi connectivity index (χ1n) is 12.0. The summed E-state index contributed by atoms with van der Waals surface area (Å²) in [6, 6.07) is 20.2. The molecule has 0 spiro atoms. The highest BCUT2D eigenvalue weighted by atomic mass is 32.2. The maximum atomic E-state index is 13.6. The highest BCUT2D eigenvalue weighted by Crippen LogP contribution is 2.48. The smallest absolute Gasteiger partial charge is 0.240 e. The number of rotatable bonds is 8. The predicted octanol–water partition coefficient (Wildman–Crippen LogP) is 4.84. The van der Waals surface area contributed by atoms with Crippen LogP contribution in [-0.4, -0.2) is 54.2 Å². The molecule has 1 N–H and O–H groups in total. The molecule has 1 unspecified atom stereocenters. The molecule has 37 heavy (non-hydrogen) atoms. The molecule has 4 aromatic rings. The first-order valence-corrected chi connectivity index (χ1v) is 14.0. The van der Waals surface area contributed by atoms with Crippen molar-refractivity contribution in [3.8, 4) is 16.9 Å². The minimum absolute atomic E-state index is 0.0990. The lowest BCUT2D eigenvalue weighted by molar-refractivity contribution is -0.123. The summed E-state index contributed by atoms with van der Waals surface area (Å²) in [6.07, 6.45) is 0. The van der Waals surface area contributed by atoms with Crippen LogP contribution in [-0.2, 0) is 14.3 Å². The number of nitrogens with one attached hydrogen (secondary N) is 1. The molecule has 0 saturated carbocycles. The fourth-order valence-electron chi connectivity index (χ4n) is 4.45. The Morgan fingerprint density at radius 3 is 2.73 bits per heavy atom. The Balaban J connectivity index is 1.73. The van der Waals surface area contributed by atoms with Gasteiger partial charge in [0.25, 0.3) is 0 Å². The summed E-state index contributed by atoms with van der Waals surface area (Å²) in [5.74, 6) is 0.521. The zero-order chi connectivity index (χ0) is 25.8. The third kappa shape index (κ3) is 5.34. The summed E-state index contributed by atoms with van der Waals surface area (Å²) in [5, 5.41) is 12.0. The van der Waals surface area contributed by atoms with Crippen LogP contribution >= 0.6 is 23.1 Å². The molecule has 0 saturated heterocycles. The van der Waals surface area contributed by atoms with E-state index in [0.717, 1.165) is 33.6 Å². The number of thioether (sulfide) groups is 1. The van der Waals surface area contributed by atoms with E-state index in [4.69, 9.17) is 9.84 Å². The second-order valence-electron chi connectivity index (χ2n) is 8.77. The Bertz CT molecular complexity index is 1390. The third-order valence-electron chi connectivity index (χ3n) is 6.16. The predicted molar refractivity (Wildman–Crippen MR) is 150 cm³/mol. The van der Waals surface area contributed by atoms with Gasteiger partial charge in [-0.1, -0.05) is 42.5 Å². The number of thiophene rings is 1. The highest BCUT2D eigenvalue weighted by Gasteiger charge is 2.37. The van der Waals surface area contributed by atoms with E-state index < -0.39 is 0 Å². The molecule has 0 radical (unpaired) electrons. The highest BCUT2D eigenvalue weighted by molar-refractivity contribution is 8.00. The molecule has 2 aromatic heterocycles. The Kier molecular flexibility index (Phi) is 7.73. The Morgan fingerprint density at radius 2 is 2.00 bits per heavy atom. The van der Waals surface area contributed by atoms with E-state index in [0.29, 0.717) is 19.0 Å². The zero-order valence-electron chi connectivity index (χ0n) is 20.7. The third-order valence-corrected chi connectivity index (χ3v) is 8.11. The molecular weight excluding hydrogens is 504 g/mol. The summed E-state index contributed by atoms with van der Waals surface area (Å²) < 4.78 is 6.89. The minimum Gasteiger partial charge on any atom is -0.383 e. The molecule has 2 aromatic carbocycles. The van der Waals surface area contributed by atoms with Crippen LogP contribution in [0.5, 0.6) is 0 Å². The zero-order valence-corrected chi connectivity index (χ0v) is 22.3. The number of methoxy groups -OCH3 is 1. The van der Waals surface area contributed by atoms with Crippen LogP contribution in [0.2, 0.25) is 0 Å². The standard InChI is InChI=1S/C28H28N4O3S2/c1-19-7-6-10-22(15-19)32-28-25(26(30-32)20-8-4-3-5-9-20)27(21-11-14-36-17-21)37-18-24(34)31(28)16-23(33)29-12-13-35-2/h3-11,14-15,17,27H,12-13,16,18H2,1-2H3,(H,29,33). The average molecular weight is 533 g/mol. The van der Waals surface area contributed by atoms with Crippen LogP contribution in [0.4, 0.5) is 5.82 Å². The van der Waals surface area contributed by atoms with Gasteiger partial charge in [0.05, 0.1) is 29.0 Å². The molecule has 1 atom stereocenters. The number of hydrogen-bond acceptors (Lipinski definition) is 6. The van der Waals surface area contributed by atoms with Gasteiger partial charge in [0.1, 0.15) is 12.4 Å². The van der Waals surface area contributed by atoms with Crippen molar-refractivity contribution in [1.82, 2.24) is 15.1 Å². The lowest BCUT2D eigenvalue weighted by Gasteiger charge is -2.23. The summed E-state index contributed by atoms with van der Waals surface area (Å²) in [6.45, 7) is 2.71. The van der Waals surface area contributed by atoms with E-state index in [-0.39, 0.29) is 29.4 Å². The number of benzene rings is 2. The van der Waals surface area contributed by atoms with Crippen molar-refractivity contribution in [2.24, 2.45) is 0 Å². The van der Waals surface area contributed by atoms with Crippen LogP contribution in [0, 0.1) is 6.92 Å². The molecule has 1 aliphatic heterocycles. The summed E-state index contributed by atoms with van der Waals surface area (Å²) in [7, 11) is 1.59. The van der Waals surface area contributed by atoms with Crippen molar-refractivity contribution in [1.29, 1.82) is 0 Å². The minimum atomic E-state index is -0.242. The van der Waals surface area contributed by atoms with Crippen molar-refractivity contribution < 1.29 is 14.3 Å². The average Bonchev–Trinajstić information content (AvgIpc) is 3.55. The van der Waals surface area contributed by atoms with Crippen LogP contribution in [0.25, 0.3) is 16.9 Å². The van der Waals surface area contributed by atoms with Crippen LogP contribution in [0.3, 0.4) is 0 Å². The van der Waals surface area contributed by atoms with E-state index in [1.165, 1.54) is 0 Å². The maximum absolute atomic E-state index is 13.6. The van der Waals surface area contributed by atoms with Crippen LogP contribution < -0.4 is 10.2 Å². The van der Waals surface area contributed by atoms with Gasteiger partial charge < -0.3 is 10.1 Å². The molecule has 9 heteroatoms. The van der Waals surface area contributed by atoms with Crippen molar-refractivity contribution >= 4 is 40.7 Å². The second kappa shape index (κ2) is 11.3. The summed E-state index contributed by atoms with van der Waals surface area (Å²) >= 11 is 3.21. The molecule has 0 aliphatic carbocycles. The first-order chi connectivity index (χ1) is 18.1. The monoisotopic (exact) mass is 532 g/mol. The molecular formula is C28H28N4O3S2. The SMILES string of the molecule is COCCNC(=O)CN1C(=O)CSC(c2ccsc2)c2c(-c3ccccc3)nn(-c3cccc(C)c3)c21. The van der Waals surface area contributed by atoms with Gasteiger partial charge in [0.2, 0.25) is 11.8 Å². The number of carbonyl (C=O) groups is 2. The summed E-state index contributed by atoms with van der Waals surface area (Å²) in [4.78, 5) is 28.2. The first kappa shape index (κ1) is 25.3. The number of aromatic nitrogens is 2. The number of anilines is 1. The number of aryl methyl sites for hydroxylation is 1. The van der Waals surface area contributed by atoms with Crippen molar-refractivity contribution in [3.05, 3.63) is 88.1 Å². The number of amides is 2. The van der Waals surface area contributed by atoms with Crippen LogP contribution in [0.15, 0.2) is 71.4 Å². The Hall–Kier alpha value is -3.40. The van der Waals surface area contributed by atoms with Gasteiger partial charge in [0, 0.05) is 24.8 Å². The molecule has 190 valence electrons. The van der Waals surface area contributed by atoms with E-state index in [1.807, 2.05) is 66.2 Å². The van der Waals surface area contributed by atoms with Gasteiger partial charge in [-0.05, 0) is 47.0 Å².